The van der Waals surface area contributed by atoms with Gasteiger partial charge in [0.15, 0.2) is 0 Å². The minimum Gasteiger partial charge on any atom is -0.379 e. The molecule has 0 radical (unpaired) electrons. The maximum atomic E-state index is 11.9. The number of rotatable bonds is 11. The molecular weight excluding hydrogens is 328 g/mol. The van der Waals surface area contributed by atoms with Crippen molar-refractivity contribution in [3.63, 3.8) is 0 Å². The molecule has 0 bridgehead atoms. The van der Waals surface area contributed by atoms with Crippen molar-refractivity contribution < 1.29 is 22.1 Å². The van der Waals surface area contributed by atoms with Gasteiger partial charge in [0, 0.05) is 6.61 Å². The van der Waals surface area contributed by atoms with E-state index in [2.05, 4.69) is 20.8 Å². The summed E-state index contributed by atoms with van der Waals surface area (Å²) in [6, 6.07) is 6.56. The zero-order chi connectivity index (χ0) is 18.1. The molecule has 5 nitrogen and oxygen atoms in total. The summed E-state index contributed by atoms with van der Waals surface area (Å²) in [4.78, 5) is 0.162. The topological polar surface area (TPSA) is 61.8 Å². The Labute approximate surface area is 146 Å². The lowest BCUT2D eigenvalue weighted by Crippen LogP contribution is -2.14. The summed E-state index contributed by atoms with van der Waals surface area (Å²) in [5.74, 6) is 0. The second kappa shape index (κ2) is 10.1. The van der Waals surface area contributed by atoms with Crippen LogP contribution in [0.2, 0.25) is 0 Å². The zero-order valence-corrected chi connectivity index (χ0v) is 16.0. The van der Waals surface area contributed by atoms with Gasteiger partial charge in [0.05, 0.1) is 31.3 Å². The second-order valence-corrected chi connectivity index (χ2v) is 8.59. The molecule has 0 fully saturated rings. The van der Waals surface area contributed by atoms with E-state index in [-0.39, 0.29) is 18.1 Å². The van der Waals surface area contributed by atoms with Crippen LogP contribution in [0.25, 0.3) is 0 Å². The average Bonchev–Trinajstić information content (AvgIpc) is 2.48. The van der Waals surface area contributed by atoms with E-state index >= 15 is 0 Å². The van der Waals surface area contributed by atoms with Gasteiger partial charge >= 0.3 is 0 Å². The van der Waals surface area contributed by atoms with Gasteiger partial charge in [0.1, 0.15) is 0 Å². The van der Waals surface area contributed by atoms with Crippen molar-refractivity contribution in [3.05, 3.63) is 29.8 Å². The number of ether oxygens (including phenoxy) is 2. The number of benzene rings is 1. The molecule has 0 heterocycles. The summed E-state index contributed by atoms with van der Waals surface area (Å²) in [6.45, 7) is 10.4. The van der Waals surface area contributed by atoms with Crippen LogP contribution in [0.15, 0.2) is 29.2 Å². The predicted molar refractivity (Wildman–Crippen MR) is 94.6 cm³/mol. The Balaban J connectivity index is 2.07. The highest BCUT2D eigenvalue weighted by Crippen LogP contribution is 2.20. The molecule has 6 heteroatoms. The monoisotopic (exact) mass is 358 g/mol. The predicted octanol–water partition coefficient (Wildman–Crippen LogP) is 3.56. The second-order valence-electron chi connectivity index (χ2n) is 6.98. The molecule has 24 heavy (non-hydrogen) atoms. The largest absolute Gasteiger partial charge is 0.379 e. The van der Waals surface area contributed by atoms with E-state index in [9.17, 15) is 8.42 Å². The number of hydrogen-bond acceptors (Lipinski definition) is 5. The van der Waals surface area contributed by atoms with Gasteiger partial charge in [-0.05, 0) is 37.3 Å². The number of hydrogen-bond donors (Lipinski definition) is 0. The molecule has 0 N–H and O–H groups in total. The Hall–Kier alpha value is -0.950. The SMILES string of the molecule is Cc1ccc(S(=O)(=O)OCCOCCOCCCC(C)(C)C)cc1. The van der Waals surface area contributed by atoms with Gasteiger partial charge in [-0.1, -0.05) is 38.5 Å². The molecule has 0 aliphatic carbocycles. The van der Waals surface area contributed by atoms with Crippen molar-refractivity contribution in [2.75, 3.05) is 33.0 Å². The standard InChI is InChI=1S/C18H30O5S/c1-16-6-8-17(9-7-16)24(19,20)23-15-14-22-13-12-21-11-5-10-18(2,3)4/h6-9H,5,10-15H2,1-4H3. The molecule has 0 saturated heterocycles. The molecule has 0 unspecified atom stereocenters. The van der Waals surface area contributed by atoms with E-state index in [1.54, 1.807) is 12.1 Å². The molecule has 1 rings (SSSR count). The number of aryl methyl sites for hydroxylation is 1. The van der Waals surface area contributed by atoms with Crippen LogP contribution in [0.5, 0.6) is 0 Å². The summed E-state index contributed by atoms with van der Waals surface area (Å²) in [5.41, 5.74) is 1.33. The summed E-state index contributed by atoms with van der Waals surface area (Å²) >= 11 is 0. The third kappa shape index (κ3) is 9.37. The molecule has 0 atom stereocenters. The van der Waals surface area contributed by atoms with Crippen LogP contribution in [0.1, 0.15) is 39.2 Å². The Morgan fingerprint density at radius 2 is 1.42 bits per heavy atom. The van der Waals surface area contributed by atoms with Gasteiger partial charge in [-0.3, -0.25) is 4.18 Å². The summed E-state index contributed by atoms with van der Waals surface area (Å²) < 4.78 is 39.6. The van der Waals surface area contributed by atoms with Gasteiger partial charge in [0.2, 0.25) is 0 Å². The van der Waals surface area contributed by atoms with Crippen molar-refractivity contribution in [1.29, 1.82) is 0 Å². The van der Waals surface area contributed by atoms with E-state index in [1.807, 2.05) is 6.92 Å². The molecule has 0 aliphatic rings. The Kier molecular flexibility index (Phi) is 8.91. The normalized spacial score (nSPS) is 12.5. The molecule has 138 valence electrons. The first-order valence-corrected chi connectivity index (χ1v) is 9.73. The molecule has 0 aromatic heterocycles. The Morgan fingerprint density at radius 3 is 2.00 bits per heavy atom. The summed E-state index contributed by atoms with van der Waals surface area (Å²) in [6.07, 6.45) is 2.15. The van der Waals surface area contributed by atoms with Gasteiger partial charge in [0.25, 0.3) is 10.1 Å². The van der Waals surface area contributed by atoms with Crippen LogP contribution in [0.4, 0.5) is 0 Å². The van der Waals surface area contributed by atoms with Crippen LogP contribution in [-0.2, 0) is 23.8 Å². The third-order valence-electron chi connectivity index (χ3n) is 3.36. The first-order valence-electron chi connectivity index (χ1n) is 8.32. The summed E-state index contributed by atoms with van der Waals surface area (Å²) in [5, 5.41) is 0. The van der Waals surface area contributed by atoms with E-state index < -0.39 is 10.1 Å². The fourth-order valence-electron chi connectivity index (χ4n) is 2.00. The van der Waals surface area contributed by atoms with Gasteiger partial charge in [-0.25, -0.2) is 0 Å². The highest BCUT2D eigenvalue weighted by Gasteiger charge is 2.14. The van der Waals surface area contributed by atoms with E-state index in [1.165, 1.54) is 12.1 Å². The minimum atomic E-state index is -3.71. The summed E-state index contributed by atoms with van der Waals surface area (Å²) in [7, 11) is -3.71. The van der Waals surface area contributed by atoms with E-state index in [0.717, 1.165) is 25.0 Å². The van der Waals surface area contributed by atoms with Crippen molar-refractivity contribution >= 4 is 10.1 Å². The maximum absolute atomic E-state index is 11.9. The smallest absolute Gasteiger partial charge is 0.297 e. The molecule has 1 aromatic rings. The minimum absolute atomic E-state index is 0.000232. The molecule has 0 spiro atoms. The fraction of sp³-hybridized carbons (Fsp3) is 0.667. The maximum Gasteiger partial charge on any atom is 0.297 e. The highest BCUT2D eigenvalue weighted by molar-refractivity contribution is 7.86. The first kappa shape index (κ1) is 21.1. The molecule has 0 amide bonds. The van der Waals surface area contributed by atoms with Crippen molar-refractivity contribution in [2.24, 2.45) is 5.41 Å². The van der Waals surface area contributed by atoms with Crippen LogP contribution >= 0.6 is 0 Å². The lowest BCUT2D eigenvalue weighted by atomic mass is 9.91. The van der Waals surface area contributed by atoms with Crippen molar-refractivity contribution in [3.8, 4) is 0 Å². The fourth-order valence-corrected chi connectivity index (χ4v) is 2.90. The lowest BCUT2D eigenvalue weighted by molar-refractivity contribution is 0.0343. The average molecular weight is 359 g/mol. The van der Waals surface area contributed by atoms with Gasteiger partial charge < -0.3 is 9.47 Å². The van der Waals surface area contributed by atoms with Crippen molar-refractivity contribution in [2.45, 2.75) is 45.4 Å². The van der Waals surface area contributed by atoms with Crippen LogP contribution in [-0.4, -0.2) is 41.5 Å². The van der Waals surface area contributed by atoms with Crippen molar-refractivity contribution in [1.82, 2.24) is 0 Å². The third-order valence-corrected chi connectivity index (χ3v) is 4.69. The molecule has 1 aromatic carbocycles. The van der Waals surface area contributed by atoms with Crippen LogP contribution in [0, 0.1) is 12.3 Å². The van der Waals surface area contributed by atoms with Crippen LogP contribution < -0.4 is 0 Å². The first-order chi connectivity index (χ1) is 11.2. The van der Waals surface area contributed by atoms with E-state index in [4.69, 9.17) is 13.7 Å². The Morgan fingerprint density at radius 1 is 0.875 bits per heavy atom. The van der Waals surface area contributed by atoms with E-state index in [0.29, 0.717) is 18.6 Å². The molecule has 0 aliphatic heterocycles. The molecular formula is C18H30O5S. The quantitative estimate of drug-likeness (QED) is 0.447. The Bertz CT molecular complexity index is 558. The lowest BCUT2D eigenvalue weighted by Gasteiger charge is -2.17. The zero-order valence-electron chi connectivity index (χ0n) is 15.2. The van der Waals surface area contributed by atoms with Gasteiger partial charge in [-0.15, -0.1) is 0 Å². The molecule has 0 saturated carbocycles. The van der Waals surface area contributed by atoms with Crippen LogP contribution in [0.3, 0.4) is 0 Å². The highest BCUT2D eigenvalue weighted by atomic mass is 32.2. The van der Waals surface area contributed by atoms with Gasteiger partial charge in [-0.2, -0.15) is 8.42 Å².